The summed E-state index contributed by atoms with van der Waals surface area (Å²) in [7, 11) is 0. The topological polar surface area (TPSA) is 12.0 Å². The predicted molar refractivity (Wildman–Crippen MR) is 82.0 cm³/mol. The molecule has 0 bridgehead atoms. The van der Waals surface area contributed by atoms with Gasteiger partial charge in [0.25, 0.3) is 0 Å². The second-order valence-electron chi connectivity index (χ2n) is 6.30. The minimum atomic E-state index is 0.0392. The number of hydrogen-bond donors (Lipinski definition) is 1. The summed E-state index contributed by atoms with van der Waals surface area (Å²) in [4.78, 5) is 0. The molecule has 0 amide bonds. The van der Waals surface area contributed by atoms with Gasteiger partial charge in [-0.25, -0.2) is 4.39 Å². The largest absolute Gasteiger partial charge is 0.313 e. The number of nitrogens with one attached hydrogen (secondary N) is 1. The zero-order valence-electron chi connectivity index (χ0n) is 12.0. The molecule has 2 heteroatoms. The fraction of sp³-hybridized carbons (Fsp3) is 0.556. The van der Waals surface area contributed by atoms with E-state index < -0.39 is 0 Å². The van der Waals surface area contributed by atoms with E-state index in [9.17, 15) is 4.39 Å². The molecular weight excluding hydrogens is 249 g/mol. The number of halogens is 1. The molecule has 2 saturated carbocycles. The molecule has 1 aromatic rings. The van der Waals surface area contributed by atoms with Crippen molar-refractivity contribution in [2.75, 3.05) is 6.54 Å². The smallest absolute Gasteiger partial charge is 0.105 e. The number of hydrogen-bond acceptors (Lipinski definition) is 1. The van der Waals surface area contributed by atoms with E-state index in [0.717, 1.165) is 24.4 Å². The number of rotatable bonds is 5. The van der Waals surface area contributed by atoms with Crippen molar-refractivity contribution in [1.29, 1.82) is 0 Å². The van der Waals surface area contributed by atoms with Gasteiger partial charge in [-0.05, 0) is 43.4 Å². The maximum absolute atomic E-state index is 14.1. The fourth-order valence-electron chi connectivity index (χ4n) is 3.25. The monoisotopic (exact) mass is 273 g/mol. The van der Waals surface area contributed by atoms with Crippen LogP contribution in [0.2, 0.25) is 0 Å². The molecule has 2 fully saturated rings. The van der Waals surface area contributed by atoms with Gasteiger partial charge < -0.3 is 5.32 Å². The van der Waals surface area contributed by atoms with E-state index in [4.69, 9.17) is 0 Å². The van der Waals surface area contributed by atoms with Crippen molar-refractivity contribution in [3.63, 3.8) is 0 Å². The normalized spacial score (nSPS) is 27.6. The van der Waals surface area contributed by atoms with Gasteiger partial charge >= 0.3 is 0 Å². The molecule has 2 aliphatic carbocycles. The minimum Gasteiger partial charge on any atom is -0.313 e. The van der Waals surface area contributed by atoms with Gasteiger partial charge in [0, 0.05) is 12.0 Å². The highest BCUT2D eigenvalue weighted by Gasteiger charge is 2.40. The lowest BCUT2D eigenvalue weighted by atomic mass is 9.89. The molecule has 0 radical (unpaired) electrons. The molecule has 1 nitrogen and oxygen atoms in total. The molecule has 1 aromatic carbocycles. The zero-order valence-corrected chi connectivity index (χ0v) is 12.0. The summed E-state index contributed by atoms with van der Waals surface area (Å²) in [6, 6.07) is 10.1. The Labute approximate surface area is 121 Å². The van der Waals surface area contributed by atoms with Gasteiger partial charge in [-0.3, -0.25) is 0 Å². The van der Waals surface area contributed by atoms with Gasteiger partial charge in [-0.2, -0.15) is 0 Å². The van der Waals surface area contributed by atoms with Gasteiger partial charge in [0.2, 0.25) is 0 Å². The molecule has 2 unspecified atom stereocenters. The first kappa shape index (κ1) is 13.8. The molecule has 20 heavy (non-hydrogen) atoms. The van der Waals surface area contributed by atoms with Gasteiger partial charge in [0.05, 0.1) is 0 Å². The molecule has 0 heterocycles. The second kappa shape index (κ2) is 6.53. The molecule has 0 aromatic heterocycles. The summed E-state index contributed by atoms with van der Waals surface area (Å²) in [6.07, 6.45) is 9.51. The van der Waals surface area contributed by atoms with E-state index in [1.807, 2.05) is 30.3 Å². The average Bonchev–Trinajstić information content (AvgIpc) is 3.27. The van der Waals surface area contributed by atoms with Crippen LogP contribution < -0.4 is 5.32 Å². The summed E-state index contributed by atoms with van der Waals surface area (Å²) in [5.74, 6) is 0.974. The molecule has 2 aliphatic rings. The third-order valence-corrected chi connectivity index (χ3v) is 4.64. The molecular formula is C18H24FN. The lowest BCUT2D eigenvalue weighted by Gasteiger charge is -2.21. The summed E-state index contributed by atoms with van der Waals surface area (Å²) in [6.45, 7) is 1.08. The Kier molecular flexibility index (Phi) is 4.51. The third kappa shape index (κ3) is 3.69. The Balaban J connectivity index is 1.45. The van der Waals surface area contributed by atoms with E-state index in [1.54, 1.807) is 6.08 Å². The Morgan fingerprint density at radius 1 is 1.15 bits per heavy atom. The van der Waals surface area contributed by atoms with Crippen LogP contribution >= 0.6 is 0 Å². The Bertz CT molecular complexity index is 448. The summed E-state index contributed by atoms with van der Waals surface area (Å²) >= 11 is 0. The van der Waals surface area contributed by atoms with Crippen LogP contribution in [-0.2, 0) is 0 Å². The van der Waals surface area contributed by atoms with Crippen LogP contribution in [0, 0.1) is 11.8 Å². The minimum absolute atomic E-state index is 0.0392. The van der Waals surface area contributed by atoms with Crippen molar-refractivity contribution in [1.82, 2.24) is 5.32 Å². The van der Waals surface area contributed by atoms with Crippen LogP contribution in [0.5, 0.6) is 0 Å². The molecule has 2 atom stereocenters. The van der Waals surface area contributed by atoms with E-state index in [2.05, 4.69) is 5.32 Å². The summed E-state index contributed by atoms with van der Waals surface area (Å²) < 4.78 is 14.1. The highest BCUT2D eigenvalue weighted by Crippen LogP contribution is 2.39. The Morgan fingerprint density at radius 3 is 2.65 bits per heavy atom. The Morgan fingerprint density at radius 2 is 1.90 bits per heavy atom. The highest BCUT2D eigenvalue weighted by atomic mass is 19.1. The van der Waals surface area contributed by atoms with Crippen LogP contribution in [0.15, 0.2) is 36.2 Å². The molecule has 0 aliphatic heterocycles. The van der Waals surface area contributed by atoms with Gasteiger partial charge in [0.1, 0.15) is 5.83 Å². The molecule has 3 rings (SSSR count). The van der Waals surface area contributed by atoms with Crippen molar-refractivity contribution in [3.05, 3.63) is 41.7 Å². The molecule has 1 N–H and O–H groups in total. The van der Waals surface area contributed by atoms with E-state index >= 15 is 0 Å². The van der Waals surface area contributed by atoms with Crippen LogP contribution in [0.4, 0.5) is 4.39 Å². The lowest BCUT2D eigenvalue weighted by molar-refractivity contribution is 0.339. The predicted octanol–water partition coefficient (Wildman–Crippen LogP) is 4.56. The summed E-state index contributed by atoms with van der Waals surface area (Å²) in [5, 5.41) is 3.56. The van der Waals surface area contributed by atoms with Crippen molar-refractivity contribution in [3.8, 4) is 0 Å². The van der Waals surface area contributed by atoms with Crippen molar-refractivity contribution >= 4 is 6.08 Å². The van der Waals surface area contributed by atoms with Crippen LogP contribution in [0.1, 0.15) is 44.1 Å². The first-order valence-corrected chi connectivity index (χ1v) is 7.98. The maximum atomic E-state index is 14.1. The highest BCUT2D eigenvalue weighted by molar-refractivity contribution is 5.52. The van der Waals surface area contributed by atoms with Crippen molar-refractivity contribution in [2.45, 2.75) is 44.6 Å². The van der Waals surface area contributed by atoms with Crippen molar-refractivity contribution < 1.29 is 4.39 Å². The molecule has 108 valence electrons. The molecule has 0 spiro atoms. The zero-order chi connectivity index (χ0) is 13.8. The van der Waals surface area contributed by atoms with Crippen LogP contribution in [-0.4, -0.2) is 12.6 Å². The number of benzene rings is 1. The van der Waals surface area contributed by atoms with E-state index in [-0.39, 0.29) is 11.7 Å². The first-order chi connectivity index (χ1) is 9.83. The standard InChI is InChI=1S/C18H24FN/c19-17(11-14-7-3-1-4-8-14)16-12-18(16)20-13-15-9-5-2-6-10-15/h1,3-4,7-8,11,15-16,18,20H,2,5-6,9-10,12-13H2/b17-11-. The third-order valence-electron chi connectivity index (χ3n) is 4.64. The SMILES string of the molecule is F/C(=C\c1ccccc1)C1CC1NCC1CCCCC1. The van der Waals surface area contributed by atoms with Crippen LogP contribution in [0.3, 0.4) is 0 Å². The van der Waals surface area contributed by atoms with E-state index in [1.165, 1.54) is 32.1 Å². The van der Waals surface area contributed by atoms with Gasteiger partial charge in [-0.15, -0.1) is 0 Å². The fourth-order valence-corrected chi connectivity index (χ4v) is 3.25. The average molecular weight is 273 g/mol. The maximum Gasteiger partial charge on any atom is 0.105 e. The van der Waals surface area contributed by atoms with Gasteiger partial charge in [-0.1, -0.05) is 49.6 Å². The first-order valence-electron chi connectivity index (χ1n) is 7.98. The second-order valence-corrected chi connectivity index (χ2v) is 6.30. The van der Waals surface area contributed by atoms with Crippen molar-refractivity contribution in [2.24, 2.45) is 11.8 Å². The van der Waals surface area contributed by atoms with Gasteiger partial charge in [0.15, 0.2) is 0 Å². The van der Waals surface area contributed by atoms with E-state index in [0.29, 0.717) is 6.04 Å². The quantitative estimate of drug-likeness (QED) is 0.829. The lowest BCUT2D eigenvalue weighted by Crippen LogP contribution is -2.27. The van der Waals surface area contributed by atoms with Crippen LogP contribution in [0.25, 0.3) is 6.08 Å². The molecule has 0 saturated heterocycles. The summed E-state index contributed by atoms with van der Waals surface area (Å²) in [5.41, 5.74) is 0.961. The Hall–Kier alpha value is -1.15.